The van der Waals surface area contributed by atoms with Crippen LogP contribution < -0.4 is 5.32 Å². The first-order valence-electron chi connectivity index (χ1n) is 7.21. The van der Waals surface area contributed by atoms with Gasteiger partial charge >= 0.3 is 0 Å². The molecule has 1 heterocycles. The fraction of sp³-hybridized carbons (Fsp3) is 0.400. The zero-order chi connectivity index (χ0) is 15.9. The Balaban J connectivity index is 1.87. The smallest absolute Gasteiger partial charge is 0.230 e. The highest BCUT2D eigenvalue weighted by Gasteiger charge is 2.14. The predicted octanol–water partition coefficient (Wildman–Crippen LogP) is 3.38. The SMILES string of the molecule is CCc1nc(SCC(=O)N[C@H](CC)c2ccc(Cl)cc2)n[nH]1. The van der Waals surface area contributed by atoms with Gasteiger partial charge in [-0.15, -0.1) is 5.10 Å². The highest BCUT2D eigenvalue weighted by Crippen LogP contribution is 2.20. The van der Waals surface area contributed by atoms with Gasteiger partial charge in [-0.2, -0.15) is 0 Å². The first kappa shape index (κ1) is 16.8. The molecule has 2 rings (SSSR count). The molecule has 1 amide bonds. The van der Waals surface area contributed by atoms with Gasteiger partial charge in [0.05, 0.1) is 11.8 Å². The van der Waals surface area contributed by atoms with E-state index in [1.807, 2.05) is 38.1 Å². The molecule has 0 aliphatic rings. The number of aromatic nitrogens is 3. The zero-order valence-electron chi connectivity index (χ0n) is 12.6. The van der Waals surface area contributed by atoms with Crippen LogP contribution in [0, 0.1) is 0 Å². The Bertz CT molecular complexity index is 614. The number of hydrogen-bond donors (Lipinski definition) is 2. The van der Waals surface area contributed by atoms with Gasteiger partial charge < -0.3 is 5.32 Å². The van der Waals surface area contributed by atoms with Gasteiger partial charge in [-0.05, 0) is 24.1 Å². The van der Waals surface area contributed by atoms with Gasteiger partial charge in [0, 0.05) is 11.4 Å². The van der Waals surface area contributed by atoms with Crippen LogP contribution in [0.1, 0.15) is 37.7 Å². The van der Waals surface area contributed by atoms with Crippen molar-refractivity contribution in [2.75, 3.05) is 5.75 Å². The van der Waals surface area contributed by atoms with E-state index >= 15 is 0 Å². The summed E-state index contributed by atoms with van der Waals surface area (Å²) in [4.78, 5) is 16.3. The number of H-pyrrole nitrogens is 1. The maximum atomic E-state index is 12.1. The van der Waals surface area contributed by atoms with Crippen LogP contribution in [-0.4, -0.2) is 26.8 Å². The fourth-order valence-corrected chi connectivity index (χ4v) is 2.74. The van der Waals surface area contributed by atoms with Gasteiger partial charge in [0.15, 0.2) is 0 Å². The summed E-state index contributed by atoms with van der Waals surface area (Å²) in [7, 11) is 0. The molecule has 0 radical (unpaired) electrons. The molecule has 118 valence electrons. The molecular weight excluding hydrogens is 320 g/mol. The Morgan fingerprint density at radius 1 is 1.36 bits per heavy atom. The number of aromatic amines is 1. The minimum Gasteiger partial charge on any atom is -0.349 e. The number of hydrogen-bond acceptors (Lipinski definition) is 4. The predicted molar refractivity (Wildman–Crippen MR) is 89.1 cm³/mol. The van der Waals surface area contributed by atoms with E-state index in [-0.39, 0.29) is 11.9 Å². The minimum atomic E-state index is -0.0327. The Morgan fingerprint density at radius 2 is 2.09 bits per heavy atom. The van der Waals surface area contributed by atoms with Crippen molar-refractivity contribution in [3.8, 4) is 0 Å². The van der Waals surface area contributed by atoms with Crippen molar-refractivity contribution < 1.29 is 4.79 Å². The molecule has 1 atom stereocenters. The highest BCUT2D eigenvalue weighted by molar-refractivity contribution is 7.99. The molecule has 0 fully saturated rings. The molecule has 0 bridgehead atoms. The van der Waals surface area contributed by atoms with Crippen LogP contribution in [0.25, 0.3) is 0 Å². The number of nitrogens with zero attached hydrogens (tertiary/aromatic N) is 2. The molecule has 0 saturated carbocycles. The van der Waals surface area contributed by atoms with Crippen molar-refractivity contribution >= 4 is 29.3 Å². The van der Waals surface area contributed by atoms with Crippen LogP contribution in [0.3, 0.4) is 0 Å². The number of amides is 1. The molecule has 0 unspecified atom stereocenters. The lowest BCUT2D eigenvalue weighted by molar-refractivity contribution is -0.119. The summed E-state index contributed by atoms with van der Waals surface area (Å²) in [6.07, 6.45) is 1.62. The van der Waals surface area contributed by atoms with E-state index in [4.69, 9.17) is 11.6 Å². The number of rotatable bonds is 7. The molecule has 0 aliphatic carbocycles. The van der Waals surface area contributed by atoms with Gasteiger partial charge in [-0.25, -0.2) is 4.98 Å². The first-order chi connectivity index (χ1) is 10.6. The molecule has 22 heavy (non-hydrogen) atoms. The van der Waals surface area contributed by atoms with E-state index in [0.717, 1.165) is 24.2 Å². The second-order valence-electron chi connectivity index (χ2n) is 4.79. The Hall–Kier alpha value is -1.53. The minimum absolute atomic E-state index is 0.0105. The topological polar surface area (TPSA) is 70.7 Å². The number of benzene rings is 1. The van der Waals surface area contributed by atoms with Crippen LogP contribution in [0.5, 0.6) is 0 Å². The van der Waals surface area contributed by atoms with E-state index in [0.29, 0.717) is 15.9 Å². The largest absolute Gasteiger partial charge is 0.349 e. The van der Waals surface area contributed by atoms with E-state index < -0.39 is 0 Å². The number of aryl methyl sites for hydroxylation is 1. The molecule has 0 aliphatic heterocycles. The Morgan fingerprint density at radius 3 is 2.68 bits per heavy atom. The van der Waals surface area contributed by atoms with Crippen LogP contribution in [0.4, 0.5) is 0 Å². The average molecular weight is 339 g/mol. The zero-order valence-corrected chi connectivity index (χ0v) is 14.2. The maximum absolute atomic E-state index is 12.1. The van der Waals surface area contributed by atoms with Crippen molar-refractivity contribution in [3.63, 3.8) is 0 Å². The summed E-state index contributed by atoms with van der Waals surface area (Å²) in [5, 5.41) is 11.2. The monoisotopic (exact) mass is 338 g/mol. The standard InChI is InChI=1S/C15H19ClN4OS/c1-3-12(10-5-7-11(16)8-6-10)17-14(21)9-22-15-18-13(4-2)19-20-15/h5-8,12H,3-4,9H2,1-2H3,(H,17,21)(H,18,19,20)/t12-/m1/s1. The van der Waals surface area contributed by atoms with Crippen LogP contribution in [0.2, 0.25) is 5.02 Å². The third-order valence-electron chi connectivity index (χ3n) is 3.19. The number of carbonyl (C=O) groups is 1. The summed E-state index contributed by atoms with van der Waals surface area (Å²) in [5.74, 6) is 1.09. The van der Waals surface area contributed by atoms with Gasteiger partial charge in [0.1, 0.15) is 5.82 Å². The fourth-order valence-electron chi connectivity index (χ4n) is 1.98. The van der Waals surface area contributed by atoms with Gasteiger partial charge in [-0.3, -0.25) is 9.89 Å². The molecule has 5 nitrogen and oxygen atoms in total. The highest BCUT2D eigenvalue weighted by atomic mass is 35.5. The van der Waals surface area contributed by atoms with E-state index in [1.165, 1.54) is 11.8 Å². The van der Waals surface area contributed by atoms with Crippen LogP contribution in [0.15, 0.2) is 29.4 Å². The Kier molecular flexibility index (Phi) is 6.27. The molecule has 1 aromatic carbocycles. The van der Waals surface area contributed by atoms with Crippen molar-refractivity contribution in [3.05, 3.63) is 40.7 Å². The number of thioether (sulfide) groups is 1. The average Bonchev–Trinajstić information content (AvgIpc) is 2.99. The normalized spacial score (nSPS) is 12.1. The van der Waals surface area contributed by atoms with Gasteiger partial charge in [0.25, 0.3) is 0 Å². The quantitative estimate of drug-likeness (QED) is 0.759. The molecule has 1 aromatic heterocycles. The third-order valence-corrected chi connectivity index (χ3v) is 4.29. The lowest BCUT2D eigenvalue weighted by Gasteiger charge is -2.17. The van der Waals surface area contributed by atoms with Crippen LogP contribution >= 0.6 is 23.4 Å². The summed E-state index contributed by atoms with van der Waals surface area (Å²) in [5.41, 5.74) is 1.05. The Labute approximate surface area is 139 Å². The van der Waals surface area contributed by atoms with Gasteiger partial charge in [-0.1, -0.05) is 49.3 Å². The van der Waals surface area contributed by atoms with Crippen molar-refractivity contribution in [2.45, 2.75) is 37.9 Å². The van der Waals surface area contributed by atoms with Gasteiger partial charge in [0.2, 0.25) is 11.1 Å². The first-order valence-corrected chi connectivity index (χ1v) is 8.57. The molecular formula is C15H19ClN4OS. The van der Waals surface area contributed by atoms with E-state index in [2.05, 4.69) is 20.5 Å². The lowest BCUT2D eigenvalue weighted by atomic mass is 10.0. The summed E-state index contributed by atoms with van der Waals surface area (Å²) in [6, 6.07) is 7.53. The van der Waals surface area contributed by atoms with Crippen molar-refractivity contribution in [1.82, 2.24) is 20.5 Å². The second-order valence-corrected chi connectivity index (χ2v) is 6.17. The summed E-state index contributed by atoms with van der Waals surface area (Å²) < 4.78 is 0. The molecule has 0 spiro atoms. The third kappa shape index (κ3) is 4.74. The number of halogens is 1. The second kappa shape index (κ2) is 8.19. The molecule has 0 saturated heterocycles. The van der Waals surface area contributed by atoms with E-state index in [1.54, 1.807) is 0 Å². The van der Waals surface area contributed by atoms with Crippen LogP contribution in [-0.2, 0) is 11.2 Å². The lowest BCUT2D eigenvalue weighted by Crippen LogP contribution is -2.29. The maximum Gasteiger partial charge on any atom is 0.230 e. The number of nitrogens with one attached hydrogen (secondary N) is 2. The molecule has 2 N–H and O–H groups in total. The number of carbonyl (C=O) groups excluding carboxylic acids is 1. The summed E-state index contributed by atoms with van der Waals surface area (Å²) >= 11 is 7.22. The molecule has 7 heteroatoms. The summed E-state index contributed by atoms with van der Waals surface area (Å²) in [6.45, 7) is 4.04. The van der Waals surface area contributed by atoms with Crippen molar-refractivity contribution in [1.29, 1.82) is 0 Å². The molecule has 2 aromatic rings. The van der Waals surface area contributed by atoms with E-state index in [9.17, 15) is 4.79 Å². The van der Waals surface area contributed by atoms with Crippen molar-refractivity contribution in [2.24, 2.45) is 0 Å².